The number of aromatic nitrogens is 2. The summed E-state index contributed by atoms with van der Waals surface area (Å²) in [6.45, 7) is 3.41. The highest BCUT2D eigenvalue weighted by atomic mass is 15.3. The molecule has 1 aromatic carbocycles. The summed E-state index contributed by atoms with van der Waals surface area (Å²) in [5.41, 5.74) is 8.01. The van der Waals surface area contributed by atoms with E-state index in [4.69, 9.17) is 5.73 Å². The van der Waals surface area contributed by atoms with Crippen LogP contribution in [-0.4, -0.2) is 36.1 Å². The Labute approximate surface area is 130 Å². The first kappa shape index (κ1) is 14.7. The van der Waals surface area contributed by atoms with Crippen molar-refractivity contribution in [2.24, 2.45) is 0 Å². The lowest BCUT2D eigenvalue weighted by atomic mass is 10.1. The van der Waals surface area contributed by atoms with Crippen LogP contribution in [0.5, 0.6) is 0 Å². The van der Waals surface area contributed by atoms with Crippen LogP contribution in [0, 0.1) is 0 Å². The van der Waals surface area contributed by atoms with Gasteiger partial charge in [-0.15, -0.1) is 0 Å². The number of hydrogen-bond acceptors (Lipinski definition) is 6. The number of nitrogen functional groups attached to an aromatic ring is 1. The Balaban J connectivity index is 1.58. The second-order valence-electron chi connectivity index (χ2n) is 5.56. The zero-order valence-corrected chi connectivity index (χ0v) is 12.8. The van der Waals surface area contributed by atoms with Crippen LogP contribution >= 0.6 is 0 Å². The summed E-state index contributed by atoms with van der Waals surface area (Å²) in [4.78, 5) is 10.8. The van der Waals surface area contributed by atoms with E-state index in [0.717, 1.165) is 31.1 Å². The van der Waals surface area contributed by atoms with Gasteiger partial charge in [0.1, 0.15) is 5.82 Å². The maximum atomic E-state index is 5.83. The highest BCUT2D eigenvalue weighted by molar-refractivity contribution is 5.46. The van der Waals surface area contributed by atoms with Gasteiger partial charge >= 0.3 is 0 Å². The fourth-order valence-corrected chi connectivity index (χ4v) is 2.53. The third-order valence-corrected chi connectivity index (χ3v) is 3.87. The molecule has 0 radical (unpaired) electrons. The number of likely N-dealkylation sites (N-methyl/N-ethyl adjacent to an activating group) is 1. The average Bonchev–Trinajstić information content (AvgIpc) is 2.47. The second kappa shape index (κ2) is 6.72. The molecule has 1 aliphatic heterocycles. The van der Waals surface area contributed by atoms with Gasteiger partial charge in [0.15, 0.2) is 0 Å². The van der Waals surface area contributed by atoms with E-state index in [1.807, 2.05) is 31.3 Å². The third kappa shape index (κ3) is 3.52. The van der Waals surface area contributed by atoms with Crippen LogP contribution < -0.4 is 21.3 Å². The van der Waals surface area contributed by atoms with Gasteiger partial charge < -0.3 is 21.3 Å². The lowest BCUT2D eigenvalue weighted by Gasteiger charge is -2.40. The first-order valence-electron chi connectivity index (χ1n) is 7.55. The number of benzene rings is 1. The summed E-state index contributed by atoms with van der Waals surface area (Å²) in [5, 5.41) is 6.64. The van der Waals surface area contributed by atoms with Crippen LogP contribution in [0.25, 0.3) is 0 Å². The van der Waals surface area contributed by atoms with E-state index in [2.05, 4.69) is 37.6 Å². The summed E-state index contributed by atoms with van der Waals surface area (Å²) in [5.74, 6) is 1.25. The van der Waals surface area contributed by atoms with Crippen molar-refractivity contribution >= 4 is 11.8 Å². The van der Waals surface area contributed by atoms with Gasteiger partial charge in [0.25, 0.3) is 0 Å². The number of rotatable bonds is 6. The second-order valence-corrected chi connectivity index (χ2v) is 5.56. The molecule has 1 saturated heterocycles. The fraction of sp³-hybridized carbons (Fsp3) is 0.375. The van der Waals surface area contributed by atoms with Gasteiger partial charge in [0.05, 0.1) is 5.69 Å². The molecule has 1 aliphatic rings. The number of nitrogens with two attached hydrogens (primary N) is 1. The van der Waals surface area contributed by atoms with Crippen molar-refractivity contribution in [1.29, 1.82) is 0 Å². The highest BCUT2D eigenvalue weighted by Gasteiger charge is 2.26. The lowest BCUT2D eigenvalue weighted by Crippen LogP contribution is -2.57. The molecular weight excluding hydrogens is 276 g/mol. The monoisotopic (exact) mass is 298 g/mol. The largest absolute Gasteiger partial charge is 0.368 e. The number of nitrogens with zero attached hydrogens (tertiary/aromatic N) is 3. The molecule has 6 heteroatoms. The molecule has 22 heavy (non-hydrogen) atoms. The standard InChI is InChI=1S/C16H22N6/c1-18-14-10-22(11-14)15-7-13(20-16(17)21-15)9-19-8-12-5-3-2-4-6-12/h2-7,14,18-19H,8-11H2,1H3,(H2,17,20,21). The Morgan fingerprint density at radius 3 is 2.68 bits per heavy atom. The maximum absolute atomic E-state index is 5.83. The molecule has 0 aliphatic carbocycles. The van der Waals surface area contributed by atoms with E-state index >= 15 is 0 Å². The van der Waals surface area contributed by atoms with E-state index in [-0.39, 0.29) is 0 Å². The van der Waals surface area contributed by atoms with Crippen molar-refractivity contribution in [2.75, 3.05) is 30.8 Å². The Morgan fingerprint density at radius 1 is 1.18 bits per heavy atom. The maximum Gasteiger partial charge on any atom is 0.222 e. The van der Waals surface area contributed by atoms with Crippen molar-refractivity contribution in [2.45, 2.75) is 19.1 Å². The molecule has 0 saturated carbocycles. The van der Waals surface area contributed by atoms with E-state index < -0.39 is 0 Å². The van der Waals surface area contributed by atoms with Gasteiger partial charge in [-0.1, -0.05) is 30.3 Å². The molecular formula is C16H22N6. The first-order valence-corrected chi connectivity index (χ1v) is 7.55. The Morgan fingerprint density at radius 2 is 1.95 bits per heavy atom. The van der Waals surface area contributed by atoms with E-state index in [9.17, 15) is 0 Å². The van der Waals surface area contributed by atoms with Gasteiger partial charge in [0, 0.05) is 38.3 Å². The first-order chi connectivity index (χ1) is 10.7. The Hall–Kier alpha value is -2.18. The van der Waals surface area contributed by atoms with Crippen molar-refractivity contribution in [3.8, 4) is 0 Å². The molecule has 1 aromatic heterocycles. The molecule has 116 valence electrons. The molecule has 1 fully saturated rings. The Kier molecular flexibility index (Phi) is 4.50. The number of anilines is 2. The number of nitrogens with one attached hydrogen (secondary N) is 2. The summed E-state index contributed by atoms with van der Waals surface area (Å²) in [6.07, 6.45) is 0. The van der Waals surface area contributed by atoms with Crippen molar-refractivity contribution in [3.05, 3.63) is 47.7 Å². The fourth-order valence-electron chi connectivity index (χ4n) is 2.53. The van der Waals surface area contributed by atoms with Crippen LogP contribution in [0.1, 0.15) is 11.3 Å². The minimum atomic E-state index is 0.335. The quantitative estimate of drug-likeness (QED) is 0.730. The summed E-state index contributed by atoms with van der Waals surface area (Å²) in [6, 6.07) is 12.9. The van der Waals surface area contributed by atoms with Crippen LogP contribution in [0.2, 0.25) is 0 Å². The van der Waals surface area contributed by atoms with Crippen LogP contribution in [0.15, 0.2) is 36.4 Å². The van der Waals surface area contributed by atoms with Gasteiger partial charge in [-0.2, -0.15) is 4.98 Å². The smallest absolute Gasteiger partial charge is 0.222 e. The minimum absolute atomic E-state index is 0.335. The van der Waals surface area contributed by atoms with Crippen LogP contribution in [-0.2, 0) is 13.1 Å². The normalized spacial score (nSPS) is 14.9. The van der Waals surface area contributed by atoms with Gasteiger partial charge in [0.2, 0.25) is 5.95 Å². The molecule has 2 heterocycles. The van der Waals surface area contributed by atoms with E-state index in [0.29, 0.717) is 18.5 Å². The zero-order valence-electron chi connectivity index (χ0n) is 12.8. The molecule has 2 aromatic rings. The summed E-state index contributed by atoms with van der Waals surface area (Å²) < 4.78 is 0. The SMILES string of the molecule is CNC1CN(c2cc(CNCc3ccccc3)nc(N)n2)C1. The molecule has 6 nitrogen and oxygen atoms in total. The highest BCUT2D eigenvalue weighted by Crippen LogP contribution is 2.20. The molecule has 0 amide bonds. The lowest BCUT2D eigenvalue weighted by molar-refractivity contribution is 0.447. The molecule has 4 N–H and O–H groups in total. The topological polar surface area (TPSA) is 79.1 Å². The van der Waals surface area contributed by atoms with Crippen molar-refractivity contribution in [1.82, 2.24) is 20.6 Å². The minimum Gasteiger partial charge on any atom is -0.368 e. The summed E-state index contributed by atoms with van der Waals surface area (Å²) in [7, 11) is 1.98. The number of hydrogen-bond donors (Lipinski definition) is 3. The van der Waals surface area contributed by atoms with Gasteiger partial charge in [-0.25, -0.2) is 4.98 Å². The van der Waals surface area contributed by atoms with Gasteiger partial charge in [-0.3, -0.25) is 0 Å². The van der Waals surface area contributed by atoms with E-state index in [1.54, 1.807) is 0 Å². The van der Waals surface area contributed by atoms with Gasteiger partial charge in [-0.05, 0) is 12.6 Å². The molecule has 0 atom stereocenters. The predicted molar refractivity (Wildman–Crippen MR) is 88.5 cm³/mol. The molecule has 0 spiro atoms. The van der Waals surface area contributed by atoms with Crippen molar-refractivity contribution in [3.63, 3.8) is 0 Å². The molecule has 0 unspecified atom stereocenters. The average molecular weight is 298 g/mol. The predicted octanol–water partition coefficient (Wildman–Crippen LogP) is 0.757. The van der Waals surface area contributed by atoms with Crippen LogP contribution in [0.4, 0.5) is 11.8 Å². The molecule has 3 rings (SSSR count). The van der Waals surface area contributed by atoms with Crippen molar-refractivity contribution < 1.29 is 0 Å². The third-order valence-electron chi connectivity index (χ3n) is 3.87. The Bertz CT molecular complexity index is 609. The van der Waals surface area contributed by atoms with Crippen LogP contribution in [0.3, 0.4) is 0 Å². The zero-order chi connectivity index (χ0) is 15.4. The van der Waals surface area contributed by atoms with E-state index in [1.165, 1.54) is 5.56 Å². The molecule has 0 bridgehead atoms. The summed E-state index contributed by atoms with van der Waals surface area (Å²) >= 11 is 0.